The quantitative estimate of drug-likeness (QED) is 0.733. The molecule has 1 saturated carbocycles. The Hall–Kier alpha value is -1.19. The lowest BCUT2D eigenvalue weighted by molar-refractivity contribution is 0.0909. The van der Waals surface area contributed by atoms with Gasteiger partial charge in [0.15, 0.2) is 15.7 Å². The lowest BCUT2D eigenvalue weighted by Crippen LogP contribution is -2.59. The van der Waals surface area contributed by atoms with Gasteiger partial charge in [-0.25, -0.2) is 12.8 Å². The van der Waals surface area contributed by atoms with Crippen molar-refractivity contribution in [2.24, 2.45) is 11.7 Å². The second-order valence-electron chi connectivity index (χ2n) is 7.11. The minimum atomic E-state index is -3.20. The molecule has 0 bridgehead atoms. The lowest BCUT2D eigenvalue weighted by Gasteiger charge is -2.50. The first-order valence-electron chi connectivity index (χ1n) is 8.48. The first-order valence-corrected chi connectivity index (χ1v) is 10.9. The van der Waals surface area contributed by atoms with Crippen LogP contribution in [0.25, 0.3) is 0 Å². The average molecular weight is 449 g/mol. The highest BCUT2D eigenvalue weighted by molar-refractivity contribution is 9.10. The molecule has 6 nitrogen and oxygen atoms in total. The lowest BCUT2D eigenvalue weighted by atomic mass is 9.70. The van der Waals surface area contributed by atoms with Gasteiger partial charge in [-0.15, -0.1) is 0 Å². The van der Waals surface area contributed by atoms with Crippen LogP contribution in [0.5, 0.6) is 5.75 Å². The number of rotatable bonds is 4. The molecule has 1 aliphatic heterocycles. The largest absolute Gasteiger partial charge is 0.496 e. The van der Waals surface area contributed by atoms with Crippen LogP contribution in [0.3, 0.4) is 0 Å². The van der Waals surface area contributed by atoms with Crippen molar-refractivity contribution in [2.45, 2.75) is 36.5 Å². The van der Waals surface area contributed by atoms with E-state index < -0.39 is 26.3 Å². The van der Waals surface area contributed by atoms with Crippen LogP contribution in [0.2, 0.25) is 0 Å². The number of hydrogen-bond acceptors (Lipinski definition) is 5. The number of amides is 1. The first kappa shape index (κ1) is 19.6. The Labute approximate surface area is 160 Å². The van der Waals surface area contributed by atoms with Gasteiger partial charge in [0.25, 0.3) is 5.91 Å². The number of benzene rings is 1. The number of carbonyl (C=O) groups is 1. The zero-order valence-electron chi connectivity index (χ0n) is 14.4. The molecule has 1 heterocycles. The topological polar surface area (TPSA) is 98.5 Å². The number of hydrogen-bond donors (Lipinski definition) is 2. The van der Waals surface area contributed by atoms with Gasteiger partial charge in [0.05, 0.1) is 22.1 Å². The molecule has 1 atom stereocenters. The summed E-state index contributed by atoms with van der Waals surface area (Å²) < 4.78 is 43.9. The van der Waals surface area contributed by atoms with Gasteiger partial charge < -0.3 is 15.8 Å². The fourth-order valence-corrected chi connectivity index (χ4v) is 6.86. The molecular weight excluding hydrogens is 427 g/mol. The summed E-state index contributed by atoms with van der Waals surface area (Å²) in [5, 5.41) is 2.80. The zero-order chi connectivity index (χ0) is 19.1. The fraction of sp³-hybridized carbons (Fsp3) is 0.588. The van der Waals surface area contributed by atoms with Crippen LogP contribution in [0, 0.1) is 11.7 Å². The highest BCUT2D eigenvalue weighted by atomic mass is 79.9. The van der Waals surface area contributed by atoms with Crippen LogP contribution in [-0.4, -0.2) is 44.5 Å². The van der Waals surface area contributed by atoms with E-state index in [0.717, 1.165) is 0 Å². The van der Waals surface area contributed by atoms with Crippen molar-refractivity contribution in [3.8, 4) is 5.75 Å². The van der Waals surface area contributed by atoms with E-state index in [9.17, 15) is 17.6 Å². The molecule has 1 aromatic rings. The second kappa shape index (κ2) is 7.09. The number of carbonyl (C=O) groups excluding carboxylic acids is 1. The van der Waals surface area contributed by atoms with Crippen LogP contribution < -0.4 is 15.8 Å². The van der Waals surface area contributed by atoms with E-state index >= 15 is 0 Å². The third-order valence-corrected chi connectivity index (χ3v) is 8.71. The summed E-state index contributed by atoms with van der Waals surface area (Å²) in [6.07, 6.45) is 1.73. The normalized spacial score (nSPS) is 29.8. The van der Waals surface area contributed by atoms with E-state index in [1.807, 2.05) is 0 Å². The standard InChI is InChI=1S/C17H22BrFN2O4S/c1-25-13-3-2-12(18)15(19)14(13)16(22)21-11-4-5-26(23,24)17(8-11)6-10(7-17)9-20/h2-3,10-11H,4-9,20H2,1H3,(H,21,22). The molecule has 1 aromatic carbocycles. The molecular formula is C17H22BrFN2O4S. The van der Waals surface area contributed by atoms with Crippen molar-refractivity contribution in [1.82, 2.24) is 5.32 Å². The van der Waals surface area contributed by atoms with Gasteiger partial charge in [0.1, 0.15) is 11.3 Å². The number of nitrogens with two attached hydrogens (primary N) is 1. The van der Waals surface area contributed by atoms with Gasteiger partial charge >= 0.3 is 0 Å². The molecule has 0 aromatic heterocycles. The molecule has 144 valence electrons. The minimum absolute atomic E-state index is 0.0212. The SMILES string of the molecule is COc1ccc(Br)c(F)c1C(=O)NC1CCS(=O)(=O)C2(CC(CN)C2)C1. The number of sulfone groups is 1. The molecule has 9 heteroatoms. The van der Waals surface area contributed by atoms with Crippen molar-refractivity contribution in [1.29, 1.82) is 0 Å². The molecule has 1 spiro atoms. The summed E-state index contributed by atoms with van der Waals surface area (Å²) in [6.45, 7) is 0.467. The Kier molecular flexibility index (Phi) is 5.33. The number of methoxy groups -OCH3 is 1. The Morgan fingerprint density at radius 2 is 2.12 bits per heavy atom. The minimum Gasteiger partial charge on any atom is -0.496 e. The maximum Gasteiger partial charge on any atom is 0.258 e. The summed E-state index contributed by atoms with van der Waals surface area (Å²) in [6, 6.07) is 2.65. The number of ether oxygens (including phenoxy) is 1. The summed E-state index contributed by atoms with van der Waals surface area (Å²) in [4.78, 5) is 12.6. The predicted molar refractivity (Wildman–Crippen MR) is 99.4 cm³/mol. The third-order valence-electron chi connectivity index (χ3n) is 5.51. The molecule has 3 rings (SSSR count). The Bertz CT molecular complexity index is 824. The maximum atomic E-state index is 14.4. The van der Waals surface area contributed by atoms with Crippen molar-refractivity contribution < 1.29 is 22.3 Å². The van der Waals surface area contributed by atoms with E-state index in [4.69, 9.17) is 10.5 Å². The molecule has 0 radical (unpaired) electrons. The molecule has 3 N–H and O–H groups in total. The van der Waals surface area contributed by atoms with Gasteiger partial charge in [-0.2, -0.15) is 0 Å². The monoisotopic (exact) mass is 448 g/mol. The molecule has 2 fully saturated rings. The molecule has 1 amide bonds. The van der Waals surface area contributed by atoms with E-state index in [-0.39, 0.29) is 33.5 Å². The van der Waals surface area contributed by atoms with Crippen molar-refractivity contribution in [3.05, 3.63) is 28.0 Å². The van der Waals surface area contributed by atoms with Crippen LogP contribution in [0.1, 0.15) is 36.0 Å². The third kappa shape index (κ3) is 3.25. The van der Waals surface area contributed by atoms with Crippen molar-refractivity contribution >= 4 is 31.7 Å². The Morgan fingerprint density at radius 3 is 2.73 bits per heavy atom. The smallest absolute Gasteiger partial charge is 0.258 e. The van der Waals surface area contributed by atoms with Crippen molar-refractivity contribution in [3.63, 3.8) is 0 Å². The second-order valence-corrected chi connectivity index (χ2v) is 10.5. The fourth-order valence-electron chi connectivity index (χ4n) is 4.07. The molecule has 2 aliphatic rings. The maximum absolute atomic E-state index is 14.4. The number of nitrogens with one attached hydrogen (secondary N) is 1. The highest BCUT2D eigenvalue weighted by Gasteiger charge is 2.56. The molecule has 1 aliphatic carbocycles. The highest BCUT2D eigenvalue weighted by Crippen LogP contribution is 2.49. The summed E-state index contributed by atoms with van der Waals surface area (Å²) in [5.74, 6) is -0.940. The van der Waals surface area contributed by atoms with Gasteiger partial charge in [0.2, 0.25) is 0 Å². The van der Waals surface area contributed by atoms with E-state index in [1.165, 1.54) is 19.2 Å². The zero-order valence-corrected chi connectivity index (χ0v) is 16.8. The van der Waals surface area contributed by atoms with Crippen LogP contribution in [-0.2, 0) is 9.84 Å². The van der Waals surface area contributed by atoms with Crippen LogP contribution in [0.15, 0.2) is 16.6 Å². The Balaban J connectivity index is 1.78. The van der Waals surface area contributed by atoms with E-state index in [2.05, 4.69) is 21.2 Å². The van der Waals surface area contributed by atoms with Gasteiger partial charge in [-0.3, -0.25) is 4.79 Å². The summed E-state index contributed by atoms with van der Waals surface area (Å²) in [7, 11) is -1.84. The first-order chi connectivity index (χ1) is 12.2. The summed E-state index contributed by atoms with van der Waals surface area (Å²) >= 11 is 3.07. The average Bonchev–Trinajstić information content (AvgIpc) is 2.56. The summed E-state index contributed by atoms with van der Waals surface area (Å²) in [5.41, 5.74) is 5.46. The van der Waals surface area contributed by atoms with Crippen LogP contribution >= 0.6 is 15.9 Å². The van der Waals surface area contributed by atoms with Gasteiger partial charge in [-0.1, -0.05) is 0 Å². The Morgan fingerprint density at radius 1 is 1.42 bits per heavy atom. The number of halogens is 2. The van der Waals surface area contributed by atoms with Gasteiger partial charge in [-0.05, 0) is 66.2 Å². The van der Waals surface area contributed by atoms with Gasteiger partial charge in [0, 0.05) is 6.04 Å². The molecule has 26 heavy (non-hydrogen) atoms. The van der Waals surface area contributed by atoms with Crippen LogP contribution in [0.4, 0.5) is 4.39 Å². The van der Waals surface area contributed by atoms with E-state index in [1.54, 1.807) is 0 Å². The molecule has 1 unspecified atom stereocenters. The molecule has 1 saturated heterocycles. The predicted octanol–water partition coefficient (Wildman–Crippen LogP) is 2.01. The van der Waals surface area contributed by atoms with Crippen molar-refractivity contribution in [2.75, 3.05) is 19.4 Å². The van der Waals surface area contributed by atoms with E-state index in [0.29, 0.717) is 32.2 Å².